The van der Waals surface area contributed by atoms with Gasteiger partial charge in [-0.2, -0.15) is 13.2 Å². The van der Waals surface area contributed by atoms with Gasteiger partial charge in [-0.3, -0.25) is 4.99 Å². The van der Waals surface area contributed by atoms with Gasteiger partial charge in [-0.25, -0.2) is 4.98 Å². The molecule has 1 heterocycles. The largest absolute Gasteiger partial charge is 0.491 e. The fraction of sp³-hybridized carbons (Fsp3) is 0.412. The number of hydrogen-bond donors (Lipinski definition) is 2. The number of nitrogens with one attached hydrogen (secondary N) is 2. The number of nitrogens with zero attached hydrogens (tertiary/aromatic N) is 2. The molecule has 1 aromatic heterocycles. The summed E-state index contributed by atoms with van der Waals surface area (Å²) >= 11 is 1.61. The maximum atomic E-state index is 12.9. The molecule has 0 fully saturated rings. The normalized spacial score (nSPS) is 12.1. The summed E-state index contributed by atoms with van der Waals surface area (Å²) in [5.41, 5.74) is 0.239. The summed E-state index contributed by atoms with van der Waals surface area (Å²) in [6.45, 7) is 3.01. The minimum atomic E-state index is -4.43. The van der Waals surface area contributed by atoms with Gasteiger partial charge >= 0.3 is 6.18 Å². The van der Waals surface area contributed by atoms with Crippen LogP contribution in [-0.4, -0.2) is 37.7 Å². The first-order valence-electron chi connectivity index (χ1n) is 8.04. The summed E-state index contributed by atoms with van der Waals surface area (Å²) in [6, 6.07) is 5.16. The fourth-order valence-electron chi connectivity index (χ4n) is 2.21. The molecule has 142 valence electrons. The first kappa shape index (κ1) is 20.0. The molecule has 1 aromatic carbocycles. The van der Waals surface area contributed by atoms with Crippen molar-refractivity contribution in [3.63, 3.8) is 0 Å². The Morgan fingerprint density at radius 3 is 2.62 bits per heavy atom. The van der Waals surface area contributed by atoms with Crippen molar-refractivity contribution in [3.05, 3.63) is 45.9 Å². The van der Waals surface area contributed by atoms with E-state index >= 15 is 0 Å². The van der Waals surface area contributed by atoms with Crippen LogP contribution in [0.25, 0.3) is 0 Å². The quantitative estimate of drug-likeness (QED) is 0.436. The number of rotatable bonds is 7. The molecule has 26 heavy (non-hydrogen) atoms. The average molecular weight is 386 g/mol. The predicted molar refractivity (Wildman–Crippen MR) is 96.9 cm³/mol. The Kier molecular flexibility index (Phi) is 7.26. The van der Waals surface area contributed by atoms with E-state index in [1.165, 1.54) is 18.2 Å². The maximum absolute atomic E-state index is 12.9. The van der Waals surface area contributed by atoms with Gasteiger partial charge in [0.25, 0.3) is 0 Å². The van der Waals surface area contributed by atoms with Gasteiger partial charge in [0.1, 0.15) is 12.4 Å². The SMILES string of the molecule is CN=C(NCCOc1ccccc1C(F)(F)F)NCCc1csc(C)n1. The highest BCUT2D eigenvalue weighted by atomic mass is 32.1. The zero-order valence-electron chi connectivity index (χ0n) is 14.6. The highest BCUT2D eigenvalue weighted by Crippen LogP contribution is 2.35. The number of aryl methyl sites for hydroxylation is 1. The third-order valence-electron chi connectivity index (χ3n) is 3.41. The zero-order chi connectivity index (χ0) is 19.0. The summed E-state index contributed by atoms with van der Waals surface area (Å²) in [6.07, 6.45) is -3.67. The third-order valence-corrected chi connectivity index (χ3v) is 4.23. The van der Waals surface area contributed by atoms with Crippen LogP contribution in [0.4, 0.5) is 13.2 Å². The Morgan fingerprint density at radius 1 is 1.23 bits per heavy atom. The second kappa shape index (κ2) is 9.42. The summed E-state index contributed by atoms with van der Waals surface area (Å²) in [7, 11) is 1.63. The Balaban J connectivity index is 1.73. The number of aromatic nitrogens is 1. The summed E-state index contributed by atoms with van der Waals surface area (Å²) in [4.78, 5) is 8.44. The molecule has 2 aromatic rings. The van der Waals surface area contributed by atoms with Crippen LogP contribution in [0.3, 0.4) is 0 Å². The molecule has 0 atom stereocenters. The molecule has 0 aliphatic rings. The van der Waals surface area contributed by atoms with Gasteiger partial charge in [0.05, 0.1) is 22.8 Å². The highest BCUT2D eigenvalue weighted by Gasteiger charge is 2.33. The van der Waals surface area contributed by atoms with Crippen LogP contribution in [0.1, 0.15) is 16.3 Å². The summed E-state index contributed by atoms with van der Waals surface area (Å²) in [5.74, 6) is 0.383. The minimum absolute atomic E-state index is 0.0824. The number of alkyl halides is 3. The second-order valence-corrected chi connectivity index (χ2v) is 6.44. The van der Waals surface area contributed by atoms with Crippen molar-refractivity contribution in [2.24, 2.45) is 4.99 Å². The highest BCUT2D eigenvalue weighted by molar-refractivity contribution is 7.09. The lowest BCUT2D eigenvalue weighted by atomic mass is 10.2. The van der Waals surface area contributed by atoms with E-state index in [0.29, 0.717) is 19.0 Å². The Labute approximate surface area is 154 Å². The lowest BCUT2D eigenvalue weighted by molar-refractivity contribution is -0.138. The smallest absolute Gasteiger partial charge is 0.419 e. The molecule has 0 aliphatic carbocycles. The van der Waals surface area contributed by atoms with Gasteiger partial charge in [-0.15, -0.1) is 11.3 Å². The first-order chi connectivity index (χ1) is 12.4. The number of aliphatic imine (C=N–C) groups is 1. The van der Waals surface area contributed by atoms with Gasteiger partial charge in [-0.05, 0) is 19.1 Å². The number of guanidine groups is 1. The number of hydrogen-bond acceptors (Lipinski definition) is 4. The van der Waals surface area contributed by atoms with E-state index in [1.54, 1.807) is 18.4 Å². The van der Waals surface area contributed by atoms with E-state index in [0.717, 1.165) is 23.2 Å². The van der Waals surface area contributed by atoms with E-state index in [4.69, 9.17) is 4.74 Å². The van der Waals surface area contributed by atoms with E-state index in [9.17, 15) is 13.2 Å². The number of thiazole rings is 1. The molecule has 0 unspecified atom stereocenters. The molecule has 0 amide bonds. The van der Waals surface area contributed by atoms with Crippen LogP contribution in [-0.2, 0) is 12.6 Å². The Morgan fingerprint density at radius 2 is 1.96 bits per heavy atom. The molecule has 5 nitrogen and oxygen atoms in total. The number of halogens is 3. The standard InChI is InChI=1S/C17H21F3N4OS/c1-12-24-13(11-26-12)7-8-22-16(21-2)23-9-10-25-15-6-4-3-5-14(15)17(18,19)20/h3-6,11H,7-10H2,1-2H3,(H2,21,22,23). The van der Waals surface area contributed by atoms with Crippen molar-refractivity contribution in [2.45, 2.75) is 19.5 Å². The van der Waals surface area contributed by atoms with Crippen molar-refractivity contribution < 1.29 is 17.9 Å². The molecule has 0 aliphatic heterocycles. The molecule has 0 spiro atoms. The second-order valence-electron chi connectivity index (χ2n) is 5.38. The van der Waals surface area contributed by atoms with E-state index < -0.39 is 11.7 Å². The number of para-hydroxylation sites is 1. The lowest BCUT2D eigenvalue weighted by Gasteiger charge is -2.15. The molecule has 0 saturated heterocycles. The zero-order valence-corrected chi connectivity index (χ0v) is 15.4. The minimum Gasteiger partial charge on any atom is -0.491 e. The van der Waals surface area contributed by atoms with Crippen molar-refractivity contribution in [3.8, 4) is 5.75 Å². The molecule has 0 saturated carbocycles. The van der Waals surface area contributed by atoms with Crippen molar-refractivity contribution in [1.29, 1.82) is 0 Å². The van der Waals surface area contributed by atoms with Gasteiger partial charge < -0.3 is 15.4 Å². The van der Waals surface area contributed by atoms with Crippen molar-refractivity contribution in [1.82, 2.24) is 15.6 Å². The van der Waals surface area contributed by atoms with Crippen LogP contribution < -0.4 is 15.4 Å². The van der Waals surface area contributed by atoms with Crippen LogP contribution in [0, 0.1) is 6.92 Å². The van der Waals surface area contributed by atoms with Crippen molar-refractivity contribution in [2.75, 3.05) is 26.7 Å². The first-order valence-corrected chi connectivity index (χ1v) is 8.92. The molecule has 9 heteroatoms. The molecule has 2 N–H and O–H groups in total. The lowest BCUT2D eigenvalue weighted by Crippen LogP contribution is -2.40. The van der Waals surface area contributed by atoms with Gasteiger partial charge in [0.2, 0.25) is 0 Å². The number of benzene rings is 1. The summed E-state index contributed by atoms with van der Waals surface area (Å²) in [5, 5.41) is 9.17. The Bertz CT molecular complexity index is 731. The average Bonchev–Trinajstić information content (AvgIpc) is 3.01. The maximum Gasteiger partial charge on any atom is 0.419 e. The monoisotopic (exact) mass is 386 g/mol. The third kappa shape index (κ3) is 6.21. The molecule has 0 radical (unpaired) electrons. The van der Waals surface area contributed by atoms with Gasteiger partial charge in [0.15, 0.2) is 5.96 Å². The number of ether oxygens (including phenoxy) is 1. The van der Waals surface area contributed by atoms with Crippen LogP contribution in [0.15, 0.2) is 34.6 Å². The topological polar surface area (TPSA) is 58.5 Å². The summed E-state index contributed by atoms with van der Waals surface area (Å²) < 4.78 is 43.9. The molecule has 0 bridgehead atoms. The van der Waals surface area contributed by atoms with E-state index in [2.05, 4.69) is 20.6 Å². The van der Waals surface area contributed by atoms with Crippen LogP contribution >= 0.6 is 11.3 Å². The van der Waals surface area contributed by atoms with Crippen LogP contribution in [0.2, 0.25) is 0 Å². The van der Waals surface area contributed by atoms with E-state index in [1.807, 2.05) is 12.3 Å². The Hall–Kier alpha value is -2.29. The van der Waals surface area contributed by atoms with Gasteiger partial charge in [-0.1, -0.05) is 12.1 Å². The van der Waals surface area contributed by atoms with Gasteiger partial charge in [0, 0.05) is 25.4 Å². The molecular weight excluding hydrogens is 365 g/mol. The van der Waals surface area contributed by atoms with Crippen molar-refractivity contribution >= 4 is 17.3 Å². The molecule has 2 rings (SSSR count). The predicted octanol–water partition coefficient (Wildman–Crippen LogP) is 3.26. The fourth-order valence-corrected chi connectivity index (χ4v) is 2.86. The molecular formula is C17H21F3N4OS. The van der Waals surface area contributed by atoms with Crippen LogP contribution in [0.5, 0.6) is 5.75 Å². The van der Waals surface area contributed by atoms with E-state index in [-0.39, 0.29) is 12.4 Å².